The van der Waals surface area contributed by atoms with E-state index in [4.69, 9.17) is 10.5 Å². The highest BCUT2D eigenvalue weighted by atomic mass is 16.5. The summed E-state index contributed by atoms with van der Waals surface area (Å²) in [7, 11) is 6.75. The molecule has 2 unspecified atom stereocenters. The SMILES string of the molecule is CCCCCOC(=O)NCc1cc(N(C)C)c2c(c1O)C(O)=C1C(=O)[C@@]3(O)C(=O)C(C(N)=O)C(O)[C@H](N(C)C)[C@H]3C[C@H]1C2. The van der Waals surface area contributed by atoms with Crippen molar-refractivity contribution < 1.29 is 44.3 Å². The van der Waals surface area contributed by atoms with Gasteiger partial charge in [0.1, 0.15) is 17.4 Å². The zero-order valence-electron chi connectivity index (χ0n) is 25.2. The van der Waals surface area contributed by atoms with Crippen molar-refractivity contribution >= 4 is 35.0 Å². The van der Waals surface area contributed by atoms with Crippen molar-refractivity contribution in [3.8, 4) is 5.75 Å². The van der Waals surface area contributed by atoms with E-state index >= 15 is 0 Å². The van der Waals surface area contributed by atoms with Crippen LogP contribution in [0.2, 0.25) is 0 Å². The van der Waals surface area contributed by atoms with E-state index < -0.39 is 64.8 Å². The number of benzene rings is 1. The number of carbonyl (C=O) groups excluding carboxylic acids is 4. The molecule has 2 amide bonds. The van der Waals surface area contributed by atoms with Crippen LogP contribution in [0.1, 0.15) is 49.3 Å². The number of aromatic hydroxyl groups is 1. The molecule has 0 heterocycles. The van der Waals surface area contributed by atoms with Crippen LogP contribution in [0.25, 0.3) is 5.76 Å². The molecular weight excluding hydrogens is 560 g/mol. The number of alkyl carbamates (subject to hydrolysis) is 1. The number of nitrogens with one attached hydrogen (secondary N) is 1. The minimum atomic E-state index is -2.73. The van der Waals surface area contributed by atoms with Gasteiger partial charge >= 0.3 is 6.09 Å². The molecule has 3 aliphatic rings. The summed E-state index contributed by atoms with van der Waals surface area (Å²) in [5.74, 6) is -8.03. The molecule has 2 fully saturated rings. The smallest absolute Gasteiger partial charge is 0.407 e. The Bertz CT molecular complexity index is 1360. The summed E-state index contributed by atoms with van der Waals surface area (Å²) in [6, 6.07) is 0.713. The number of likely N-dealkylation sites (N-methyl/N-ethyl adjacent to an activating group) is 1. The summed E-state index contributed by atoms with van der Waals surface area (Å²) in [5, 5.41) is 48.3. The Kier molecular flexibility index (Phi) is 9.10. The molecule has 1 aromatic carbocycles. The second kappa shape index (κ2) is 12.1. The largest absolute Gasteiger partial charge is 0.507 e. The van der Waals surface area contributed by atoms with Crippen molar-refractivity contribution in [2.45, 2.75) is 63.3 Å². The summed E-state index contributed by atoms with van der Waals surface area (Å²) in [5.41, 5.74) is 3.83. The number of fused-ring (bicyclic) bond motifs is 3. The number of aliphatic hydroxyl groups excluding tert-OH is 2. The molecule has 0 bridgehead atoms. The molecule has 6 atom stereocenters. The molecule has 3 aliphatic carbocycles. The Morgan fingerprint density at radius 2 is 1.84 bits per heavy atom. The molecule has 0 aliphatic heterocycles. The van der Waals surface area contributed by atoms with E-state index in [0.29, 0.717) is 11.3 Å². The Labute approximate surface area is 250 Å². The van der Waals surface area contributed by atoms with Crippen LogP contribution >= 0.6 is 0 Å². The highest BCUT2D eigenvalue weighted by Crippen LogP contribution is 2.53. The molecule has 13 heteroatoms. The van der Waals surface area contributed by atoms with Gasteiger partial charge < -0.3 is 46.0 Å². The average Bonchev–Trinajstić information content (AvgIpc) is 2.92. The van der Waals surface area contributed by atoms with Crippen LogP contribution in [-0.2, 0) is 32.1 Å². The second-order valence-corrected chi connectivity index (χ2v) is 12.1. The van der Waals surface area contributed by atoms with Gasteiger partial charge in [-0.3, -0.25) is 14.4 Å². The Balaban J connectivity index is 1.78. The number of aliphatic hydroxyl groups is 3. The number of rotatable bonds is 9. The van der Waals surface area contributed by atoms with Gasteiger partial charge in [0.25, 0.3) is 0 Å². The molecule has 7 N–H and O–H groups in total. The fourth-order valence-corrected chi connectivity index (χ4v) is 6.98. The quantitative estimate of drug-likeness (QED) is 0.171. The van der Waals surface area contributed by atoms with Crippen molar-refractivity contribution in [2.75, 3.05) is 39.7 Å². The van der Waals surface area contributed by atoms with E-state index in [-0.39, 0.29) is 48.4 Å². The Morgan fingerprint density at radius 3 is 2.42 bits per heavy atom. The van der Waals surface area contributed by atoms with Crippen LogP contribution in [0.5, 0.6) is 5.75 Å². The number of carbonyl (C=O) groups is 4. The topological polar surface area (TPSA) is 203 Å². The van der Waals surface area contributed by atoms with Crippen LogP contribution in [0.4, 0.5) is 10.5 Å². The van der Waals surface area contributed by atoms with E-state index in [0.717, 1.165) is 19.3 Å². The van der Waals surface area contributed by atoms with Crippen molar-refractivity contribution in [3.63, 3.8) is 0 Å². The molecular formula is C30H42N4O9. The maximum Gasteiger partial charge on any atom is 0.407 e. The van der Waals surface area contributed by atoms with Crippen LogP contribution in [-0.4, -0.2) is 101 Å². The molecule has 236 valence electrons. The number of amides is 2. The highest BCUT2D eigenvalue weighted by molar-refractivity contribution is 6.25. The minimum Gasteiger partial charge on any atom is -0.507 e. The minimum absolute atomic E-state index is 0.0268. The van der Waals surface area contributed by atoms with Crippen LogP contribution < -0.4 is 16.0 Å². The van der Waals surface area contributed by atoms with Crippen LogP contribution in [0, 0.1) is 17.8 Å². The standard InChI is InChI=1S/C30H42N4O9/c1-6-7-8-9-43-29(41)32-13-15-12-18(33(2)3)16-10-14-11-17-22(34(4)5)25(37)21(28(31)40)27(39)30(17,42)26(38)19(14)24(36)20(16)23(15)35/h12,14,17,21-22,25,35-37,42H,6-11,13H2,1-5H3,(H2,31,40)(H,32,41)/t14-,17-,21?,22-,25?,30-/m1/s1. The number of nitrogens with two attached hydrogens (primary N) is 1. The lowest BCUT2D eigenvalue weighted by atomic mass is 9.54. The molecule has 13 nitrogen and oxygen atoms in total. The number of ether oxygens (including phenoxy) is 1. The normalized spacial score (nSPS) is 28.2. The maximum absolute atomic E-state index is 14.1. The molecule has 2 saturated carbocycles. The third kappa shape index (κ3) is 5.34. The van der Waals surface area contributed by atoms with Crippen molar-refractivity contribution in [3.05, 3.63) is 28.3 Å². The summed E-state index contributed by atoms with van der Waals surface area (Å²) in [6.07, 6.45) is 0.585. The fourth-order valence-electron chi connectivity index (χ4n) is 6.98. The maximum atomic E-state index is 14.1. The number of primary amides is 1. The summed E-state index contributed by atoms with van der Waals surface area (Å²) in [6.45, 7) is 2.14. The number of anilines is 1. The van der Waals surface area contributed by atoms with Gasteiger partial charge in [0.05, 0.1) is 18.3 Å². The predicted molar refractivity (Wildman–Crippen MR) is 156 cm³/mol. The van der Waals surface area contributed by atoms with Gasteiger partial charge in [0, 0.05) is 49.4 Å². The molecule has 0 aromatic heterocycles. The first-order valence-corrected chi connectivity index (χ1v) is 14.5. The van der Waals surface area contributed by atoms with Crippen LogP contribution in [0.15, 0.2) is 11.6 Å². The van der Waals surface area contributed by atoms with Gasteiger partial charge in [0.2, 0.25) is 11.7 Å². The van der Waals surface area contributed by atoms with Gasteiger partial charge in [-0.2, -0.15) is 0 Å². The molecule has 1 aromatic rings. The van der Waals surface area contributed by atoms with E-state index in [9.17, 15) is 39.6 Å². The van der Waals surface area contributed by atoms with Crippen molar-refractivity contribution in [2.24, 2.45) is 23.5 Å². The highest BCUT2D eigenvalue weighted by Gasteiger charge is 2.67. The number of hydrogen-bond donors (Lipinski definition) is 6. The third-order valence-corrected chi connectivity index (χ3v) is 9.03. The predicted octanol–water partition coefficient (Wildman–Crippen LogP) is 0.611. The molecule has 43 heavy (non-hydrogen) atoms. The number of unbranched alkanes of at least 4 members (excludes halogenated alkanes) is 2. The number of phenolic OH excluding ortho intramolecular Hbond substituents is 1. The lowest BCUT2D eigenvalue weighted by Crippen LogP contribution is -2.73. The first-order chi connectivity index (χ1) is 20.2. The molecule has 0 radical (unpaired) electrons. The van der Waals surface area contributed by atoms with E-state index in [1.807, 2.05) is 6.92 Å². The van der Waals surface area contributed by atoms with Crippen molar-refractivity contribution in [1.29, 1.82) is 0 Å². The van der Waals surface area contributed by atoms with E-state index in [2.05, 4.69) is 5.32 Å². The number of phenols is 1. The first kappa shape index (κ1) is 32.2. The number of ketones is 2. The van der Waals surface area contributed by atoms with E-state index in [1.54, 1.807) is 44.1 Å². The third-order valence-electron chi connectivity index (χ3n) is 9.03. The number of nitrogens with zero attached hydrogens (tertiary/aromatic N) is 2. The summed E-state index contributed by atoms with van der Waals surface area (Å²) < 4.78 is 5.17. The fraction of sp³-hybridized carbons (Fsp3) is 0.600. The zero-order valence-corrected chi connectivity index (χ0v) is 25.2. The lowest BCUT2D eigenvalue weighted by Gasteiger charge is -2.53. The van der Waals surface area contributed by atoms with Crippen LogP contribution in [0.3, 0.4) is 0 Å². The molecule has 4 rings (SSSR count). The zero-order chi connectivity index (χ0) is 32.0. The monoisotopic (exact) mass is 602 g/mol. The van der Waals surface area contributed by atoms with Gasteiger partial charge in [-0.15, -0.1) is 0 Å². The van der Waals surface area contributed by atoms with Crippen molar-refractivity contribution in [1.82, 2.24) is 10.2 Å². The summed E-state index contributed by atoms with van der Waals surface area (Å²) in [4.78, 5) is 55.3. The van der Waals surface area contributed by atoms with Gasteiger partial charge in [-0.1, -0.05) is 19.8 Å². The van der Waals surface area contributed by atoms with Gasteiger partial charge in [-0.05, 0) is 50.9 Å². The summed E-state index contributed by atoms with van der Waals surface area (Å²) >= 11 is 0. The molecule has 0 saturated heterocycles. The van der Waals surface area contributed by atoms with Gasteiger partial charge in [0.15, 0.2) is 11.4 Å². The molecule has 0 spiro atoms. The Morgan fingerprint density at radius 1 is 1.16 bits per heavy atom. The first-order valence-electron chi connectivity index (χ1n) is 14.5. The second-order valence-electron chi connectivity index (χ2n) is 12.1. The number of Topliss-reactive ketones (excluding diaryl/α,β-unsaturated/α-hetero) is 2. The Hall–Kier alpha value is -3.68. The van der Waals surface area contributed by atoms with Gasteiger partial charge in [-0.25, -0.2) is 4.79 Å². The average molecular weight is 603 g/mol. The number of hydrogen-bond acceptors (Lipinski definition) is 11. The van der Waals surface area contributed by atoms with E-state index in [1.165, 1.54) is 0 Å². The lowest BCUT2D eigenvalue weighted by molar-refractivity contribution is -0.184.